The van der Waals surface area contributed by atoms with Gasteiger partial charge in [0.25, 0.3) is 0 Å². The van der Waals surface area contributed by atoms with Gasteiger partial charge >= 0.3 is 6.03 Å². The number of fused-ring (bicyclic) bond motifs is 1. The molecule has 44 heavy (non-hydrogen) atoms. The minimum Gasteiger partial charge on any atom is -0.376 e. The first-order chi connectivity index (χ1) is 21.1. The fourth-order valence-corrected chi connectivity index (χ4v) is 4.83. The zero-order valence-electron chi connectivity index (χ0n) is 25.9. The molecule has 228 valence electrons. The average Bonchev–Trinajstić information content (AvgIpc) is 3.43. The maximum atomic E-state index is 13.2. The number of nitrogens with zero attached hydrogens (tertiary/aromatic N) is 3. The number of benzene rings is 3. The Bertz CT molecular complexity index is 1720. The predicted molar refractivity (Wildman–Crippen MR) is 176 cm³/mol. The van der Waals surface area contributed by atoms with Crippen LogP contribution in [0.15, 0.2) is 85.1 Å². The molecule has 5 aromatic rings. The van der Waals surface area contributed by atoms with Gasteiger partial charge in [0.05, 0.1) is 36.5 Å². The number of aliphatic hydroxyl groups excluding tert-OH is 1. The molecule has 0 spiro atoms. The molecule has 0 aliphatic carbocycles. The second-order valence-corrected chi connectivity index (χ2v) is 11.9. The fraction of sp³-hybridized carbons (Fsp3) is 0.286. The summed E-state index contributed by atoms with van der Waals surface area (Å²) in [4.78, 5) is 17.6. The molecule has 1 atom stereocenters. The van der Waals surface area contributed by atoms with E-state index in [1.54, 1.807) is 10.9 Å². The Hall–Kier alpha value is -4.57. The van der Waals surface area contributed by atoms with Gasteiger partial charge in [-0.25, -0.2) is 9.48 Å². The summed E-state index contributed by atoms with van der Waals surface area (Å²) in [6.45, 7) is 12.2. The van der Waals surface area contributed by atoms with Crippen LogP contribution in [0.5, 0.6) is 0 Å². The van der Waals surface area contributed by atoms with Gasteiger partial charge in [0.15, 0.2) is 0 Å². The molecule has 2 aromatic heterocycles. The number of aromatic nitrogens is 3. The van der Waals surface area contributed by atoms with Gasteiger partial charge in [-0.2, -0.15) is 5.10 Å². The number of hydrogen-bond acceptors (Lipinski definition) is 6. The highest BCUT2D eigenvalue weighted by atomic mass is 16.5. The van der Waals surface area contributed by atoms with Crippen LogP contribution in [0.2, 0.25) is 0 Å². The number of amides is 2. The Morgan fingerprint density at radius 3 is 2.34 bits per heavy atom. The van der Waals surface area contributed by atoms with Crippen molar-refractivity contribution in [2.75, 3.05) is 30.4 Å². The Labute approximate surface area is 258 Å². The third kappa shape index (κ3) is 7.49. The minimum atomic E-state index is -0.436. The first kappa shape index (κ1) is 30.9. The van der Waals surface area contributed by atoms with E-state index in [1.807, 2.05) is 49.4 Å². The van der Waals surface area contributed by atoms with Crippen molar-refractivity contribution < 1.29 is 14.6 Å². The molecule has 0 bridgehead atoms. The summed E-state index contributed by atoms with van der Waals surface area (Å²) in [6, 6.07) is 26.1. The van der Waals surface area contributed by atoms with E-state index < -0.39 is 6.23 Å². The van der Waals surface area contributed by atoms with E-state index in [0.717, 1.165) is 57.8 Å². The average molecular weight is 593 g/mol. The Morgan fingerprint density at radius 1 is 0.977 bits per heavy atom. The molecule has 1 aliphatic heterocycles. The SMILES string of the molecule is Cc1ccc(-c2ccc(NC(=O)Nc3cc(C(C)(C)C)nn3-c3ccc(C)nc3)c3ccccc23)cc1.OC1COCCN1. The largest absolute Gasteiger partial charge is 0.376 e. The lowest BCUT2D eigenvalue weighted by molar-refractivity contribution is -0.0161. The van der Waals surface area contributed by atoms with Crippen molar-refractivity contribution in [1.29, 1.82) is 0 Å². The molecule has 9 nitrogen and oxygen atoms in total. The van der Waals surface area contributed by atoms with Crippen LogP contribution < -0.4 is 16.0 Å². The van der Waals surface area contributed by atoms with Crippen molar-refractivity contribution in [2.45, 2.75) is 46.3 Å². The number of urea groups is 1. The minimum absolute atomic E-state index is 0.182. The molecule has 0 saturated carbocycles. The van der Waals surface area contributed by atoms with Crippen LogP contribution in [0.4, 0.5) is 16.3 Å². The van der Waals surface area contributed by atoms with Gasteiger partial charge in [-0.05, 0) is 48.6 Å². The smallest absolute Gasteiger partial charge is 0.324 e. The van der Waals surface area contributed by atoms with E-state index in [9.17, 15) is 4.79 Å². The lowest BCUT2D eigenvalue weighted by Crippen LogP contribution is -2.40. The number of carbonyl (C=O) groups is 1. The van der Waals surface area contributed by atoms with Gasteiger partial charge in [0, 0.05) is 29.1 Å². The van der Waals surface area contributed by atoms with Crippen molar-refractivity contribution in [3.8, 4) is 16.8 Å². The third-order valence-electron chi connectivity index (χ3n) is 7.30. The van der Waals surface area contributed by atoms with Gasteiger partial charge < -0.3 is 15.2 Å². The highest BCUT2D eigenvalue weighted by Crippen LogP contribution is 2.34. The topological polar surface area (TPSA) is 113 Å². The number of hydrogen-bond donors (Lipinski definition) is 4. The molecule has 0 radical (unpaired) electrons. The lowest BCUT2D eigenvalue weighted by Gasteiger charge is -2.17. The number of pyridine rings is 1. The van der Waals surface area contributed by atoms with Crippen LogP contribution in [-0.2, 0) is 10.2 Å². The van der Waals surface area contributed by atoms with Crippen molar-refractivity contribution in [3.05, 3.63) is 102 Å². The number of ether oxygens (including phenoxy) is 1. The zero-order valence-corrected chi connectivity index (χ0v) is 25.9. The van der Waals surface area contributed by atoms with E-state index in [4.69, 9.17) is 14.9 Å². The van der Waals surface area contributed by atoms with Gasteiger partial charge in [-0.3, -0.25) is 15.6 Å². The molecule has 9 heteroatoms. The van der Waals surface area contributed by atoms with Crippen LogP contribution in [0.25, 0.3) is 27.6 Å². The van der Waals surface area contributed by atoms with Gasteiger partial charge in [-0.1, -0.05) is 80.9 Å². The summed E-state index contributed by atoms with van der Waals surface area (Å²) in [5.41, 5.74) is 6.62. The van der Waals surface area contributed by atoms with E-state index in [-0.39, 0.29) is 11.4 Å². The van der Waals surface area contributed by atoms with Gasteiger partial charge in [0.1, 0.15) is 12.0 Å². The summed E-state index contributed by atoms with van der Waals surface area (Å²) in [6.07, 6.45) is 1.32. The van der Waals surface area contributed by atoms with E-state index in [2.05, 4.69) is 85.0 Å². The van der Waals surface area contributed by atoms with Crippen molar-refractivity contribution in [1.82, 2.24) is 20.1 Å². The first-order valence-electron chi connectivity index (χ1n) is 14.8. The van der Waals surface area contributed by atoms with Crippen LogP contribution in [-0.4, -0.2) is 51.9 Å². The normalized spacial score (nSPS) is 14.9. The standard InChI is InChI=1S/C31H31N5O.C4H9NO2/c1-20-10-13-22(14-11-20)24-16-17-27(26-9-7-6-8-25(24)26)33-30(37)34-29-18-28(31(3,4)5)35-36(29)23-15-12-21(2)32-19-23;6-4-3-7-2-1-5-4/h6-19H,1-5H3,(H2,33,34,37);4-6H,1-3H2. The van der Waals surface area contributed by atoms with E-state index >= 15 is 0 Å². The number of carbonyl (C=O) groups excluding carboxylic acids is 1. The van der Waals surface area contributed by atoms with E-state index in [1.165, 1.54) is 5.56 Å². The number of anilines is 2. The highest BCUT2D eigenvalue weighted by molar-refractivity contribution is 6.09. The molecule has 1 aliphatic rings. The zero-order chi connectivity index (χ0) is 31.3. The molecular formula is C35H40N6O3. The fourth-order valence-electron chi connectivity index (χ4n) is 4.83. The molecule has 6 rings (SSSR count). The Kier molecular flexibility index (Phi) is 9.39. The van der Waals surface area contributed by atoms with Crippen molar-refractivity contribution in [3.63, 3.8) is 0 Å². The number of morpholine rings is 1. The highest BCUT2D eigenvalue weighted by Gasteiger charge is 2.22. The molecule has 1 fully saturated rings. The van der Waals surface area contributed by atoms with Crippen LogP contribution in [0, 0.1) is 13.8 Å². The second kappa shape index (κ2) is 13.4. The number of nitrogens with one attached hydrogen (secondary N) is 3. The summed E-state index contributed by atoms with van der Waals surface area (Å²) >= 11 is 0. The lowest BCUT2D eigenvalue weighted by atomic mass is 9.92. The van der Waals surface area contributed by atoms with Gasteiger partial charge in [-0.15, -0.1) is 0 Å². The quantitative estimate of drug-likeness (QED) is 0.188. The van der Waals surface area contributed by atoms with Gasteiger partial charge in [0.2, 0.25) is 0 Å². The van der Waals surface area contributed by atoms with Crippen molar-refractivity contribution in [2.24, 2.45) is 0 Å². The van der Waals surface area contributed by atoms with Crippen LogP contribution in [0.3, 0.4) is 0 Å². The molecule has 2 amide bonds. The number of rotatable bonds is 4. The second-order valence-electron chi connectivity index (χ2n) is 11.9. The molecule has 1 unspecified atom stereocenters. The molecule has 4 N–H and O–H groups in total. The predicted octanol–water partition coefficient (Wildman–Crippen LogP) is 6.57. The van der Waals surface area contributed by atoms with Crippen LogP contribution >= 0.6 is 0 Å². The number of aliphatic hydroxyl groups is 1. The summed E-state index contributed by atoms with van der Waals surface area (Å²) in [5, 5.41) is 24.4. The molecular weight excluding hydrogens is 552 g/mol. The maximum absolute atomic E-state index is 13.2. The monoisotopic (exact) mass is 592 g/mol. The molecule has 3 heterocycles. The van der Waals surface area contributed by atoms with Crippen molar-refractivity contribution >= 4 is 28.3 Å². The molecule has 1 saturated heterocycles. The summed E-state index contributed by atoms with van der Waals surface area (Å²) < 4.78 is 6.60. The number of aryl methyl sites for hydroxylation is 2. The Balaban J connectivity index is 0.000000484. The van der Waals surface area contributed by atoms with E-state index in [0.29, 0.717) is 12.4 Å². The summed E-state index contributed by atoms with van der Waals surface area (Å²) in [5.74, 6) is 0.577. The molecule has 3 aromatic carbocycles. The first-order valence-corrected chi connectivity index (χ1v) is 14.8. The van der Waals surface area contributed by atoms with Crippen LogP contribution in [0.1, 0.15) is 37.7 Å². The third-order valence-corrected chi connectivity index (χ3v) is 7.30. The maximum Gasteiger partial charge on any atom is 0.324 e. The summed E-state index contributed by atoms with van der Waals surface area (Å²) in [7, 11) is 0. The Morgan fingerprint density at radius 2 is 1.73 bits per heavy atom.